The maximum atomic E-state index is 11.8. The third-order valence-electron chi connectivity index (χ3n) is 2.93. The summed E-state index contributed by atoms with van der Waals surface area (Å²) >= 11 is 1.67. The van der Waals surface area contributed by atoms with Crippen molar-refractivity contribution in [1.29, 1.82) is 0 Å². The van der Waals surface area contributed by atoms with E-state index in [-0.39, 0.29) is 3.70 Å². The Morgan fingerprint density at radius 3 is 2.55 bits per heavy atom. The molecule has 5 N–H and O–H groups in total. The molecular weight excluding hydrogens is 438 g/mol. The summed E-state index contributed by atoms with van der Waals surface area (Å²) in [6.45, 7) is -0.687. The standard InChI is InChI=1S/C9H12IN2O9P/c10-4-1-5(13)11-9(16)12(4)8-7(15)6(14)3(21-8)2-20-22(17,18)19/h1,3,6-8,14-15H,2H2,(H,11,13,16)(H2,17,18,19)/t3-,6-,7-,8-/m1/s1. The van der Waals surface area contributed by atoms with Crippen molar-refractivity contribution in [2.24, 2.45) is 0 Å². The molecule has 22 heavy (non-hydrogen) atoms. The Kier molecular flexibility index (Phi) is 5.23. The first-order valence-electron chi connectivity index (χ1n) is 5.83. The molecule has 2 rings (SSSR count). The van der Waals surface area contributed by atoms with E-state index in [1.165, 1.54) is 0 Å². The average Bonchev–Trinajstić information content (AvgIpc) is 2.63. The van der Waals surface area contributed by atoms with Crippen LogP contribution >= 0.6 is 30.4 Å². The Morgan fingerprint density at radius 1 is 1.36 bits per heavy atom. The molecule has 0 radical (unpaired) electrons. The SMILES string of the molecule is O=c1cc(I)n([C@@H]2O[C@H](COP(=O)(O)O)[C@@H](O)[C@H]2O)c(=O)[nH]1. The fourth-order valence-corrected chi connectivity index (χ4v) is 3.08. The van der Waals surface area contributed by atoms with Crippen molar-refractivity contribution in [2.75, 3.05) is 6.61 Å². The quantitative estimate of drug-likeness (QED) is 0.195. The van der Waals surface area contributed by atoms with E-state index in [4.69, 9.17) is 14.5 Å². The normalized spacial score (nSPS) is 29.0. The third-order valence-corrected chi connectivity index (χ3v) is 4.24. The van der Waals surface area contributed by atoms with Gasteiger partial charge < -0.3 is 24.7 Å². The van der Waals surface area contributed by atoms with Gasteiger partial charge in [-0.2, -0.15) is 0 Å². The van der Waals surface area contributed by atoms with E-state index in [0.717, 1.165) is 10.6 Å². The number of H-pyrrole nitrogens is 1. The zero-order valence-electron chi connectivity index (χ0n) is 10.7. The van der Waals surface area contributed by atoms with Crippen molar-refractivity contribution in [3.63, 3.8) is 0 Å². The van der Waals surface area contributed by atoms with Gasteiger partial charge in [0.25, 0.3) is 5.56 Å². The molecule has 0 saturated carbocycles. The molecule has 1 aromatic rings. The number of aliphatic hydroxyl groups excluding tert-OH is 2. The lowest BCUT2D eigenvalue weighted by Gasteiger charge is -2.18. The van der Waals surface area contributed by atoms with Crippen LogP contribution in [0.2, 0.25) is 0 Å². The lowest BCUT2D eigenvalue weighted by Crippen LogP contribution is -2.39. The molecule has 0 aliphatic carbocycles. The lowest BCUT2D eigenvalue weighted by molar-refractivity contribution is -0.0555. The van der Waals surface area contributed by atoms with Gasteiger partial charge in [-0.3, -0.25) is 18.9 Å². The molecule has 1 aromatic heterocycles. The highest BCUT2D eigenvalue weighted by Crippen LogP contribution is 2.38. The molecule has 0 aromatic carbocycles. The molecule has 1 aliphatic rings. The van der Waals surface area contributed by atoms with E-state index in [0.29, 0.717) is 0 Å². The smallest absolute Gasteiger partial charge is 0.387 e. The number of aliphatic hydroxyl groups is 2. The van der Waals surface area contributed by atoms with Crippen molar-refractivity contribution in [3.05, 3.63) is 30.6 Å². The van der Waals surface area contributed by atoms with Gasteiger partial charge in [0, 0.05) is 6.07 Å². The second-order valence-electron chi connectivity index (χ2n) is 4.46. The predicted octanol–water partition coefficient (Wildman–Crippen LogP) is -2.13. The van der Waals surface area contributed by atoms with Crippen molar-refractivity contribution in [3.8, 4) is 0 Å². The summed E-state index contributed by atoms with van der Waals surface area (Å²) < 4.78 is 21.2. The number of aromatic amines is 1. The van der Waals surface area contributed by atoms with Gasteiger partial charge in [0.2, 0.25) is 0 Å². The molecule has 124 valence electrons. The fourth-order valence-electron chi connectivity index (χ4n) is 1.96. The summed E-state index contributed by atoms with van der Waals surface area (Å²) in [5, 5.41) is 19.8. The number of nitrogens with one attached hydrogen (secondary N) is 1. The summed E-state index contributed by atoms with van der Waals surface area (Å²) in [6, 6.07) is 1.09. The molecule has 0 spiro atoms. The van der Waals surface area contributed by atoms with Gasteiger partial charge >= 0.3 is 13.5 Å². The largest absolute Gasteiger partial charge is 0.469 e. The maximum absolute atomic E-state index is 11.8. The number of halogens is 1. The van der Waals surface area contributed by atoms with Crippen molar-refractivity contribution in [1.82, 2.24) is 9.55 Å². The molecule has 1 saturated heterocycles. The second-order valence-corrected chi connectivity index (χ2v) is 6.81. The van der Waals surface area contributed by atoms with Crippen molar-refractivity contribution < 1.29 is 33.8 Å². The highest BCUT2D eigenvalue weighted by molar-refractivity contribution is 14.1. The monoisotopic (exact) mass is 450 g/mol. The summed E-state index contributed by atoms with van der Waals surface area (Å²) in [5.41, 5.74) is -1.50. The zero-order valence-corrected chi connectivity index (χ0v) is 13.7. The third kappa shape index (κ3) is 3.83. The summed E-state index contributed by atoms with van der Waals surface area (Å²) in [4.78, 5) is 42.2. The van der Waals surface area contributed by atoms with Crippen LogP contribution in [-0.4, -0.2) is 54.5 Å². The molecule has 0 bridgehead atoms. The van der Waals surface area contributed by atoms with E-state index in [9.17, 15) is 24.4 Å². The molecule has 1 aliphatic heterocycles. The first-order chi connectivity index (χ1) is 10.1. The fraction of sp³-hybridized carbons (Fsp3) is 0.556. The van der Waals surface area contributed by atoms with E-state index in [1.54, 1.807) is 22.6 Å². The van der Waals surface area contributed by atoms with Gasteiger partial charge in [-0.15, -0.1) is 0 Å². The first-order valence-corrected chi connectivity index (χ1v) is 8.44. The highest BCUT2D eigenvalue weighted by Gasteiger charge is 2.45. The summed E-state index contributed by atoms with van der Waals surface area (Å²) in [7, 11) is -4.77. The number of rotatable bonds is 4. The van der Waals surface area contributed by atoms with Gasteiger partial charge in [0.15, 0.2) is 6.23 Å². The minimum Gasteiger partial charge on any atom is -0.387 e. The molecule has 1 fully saturated rings. The number of ether oxygens (including phenoxy) is 1. The Hall–Kier alpha value is -0.600. The zero-order chi connectivity index (χ0) is 16.7. The van der Waals surface area contributed by atoms with E-state index >= 15 is 0 Å². The van der Waals surface area contributed by atoms with Crippen LogP contribution < -0.4 is 11.2 Å². The molecule has 11 nitrogen and oxygen atoms in total. The number of hydrogen-bond acceptors (Lipinski definition) is 7. The van der Waals surface area contributed by atoms with E-state index in [1.807, 2.05) is 4.98 Å². The lowest BCUT2D eigenvalue weighted by atomic mass is 10.1. The topological polar surface area (TPSA) is 171 Å². The summed E-state index contributed by atoms with van der Waals surface area (Å²) in [5.74, 6) is 0. The Balaban J connectivity index is 2.26. The minimum atomic E-state index is -4.77. The van der Waals surface area contributed by atoms with Gasteiger partial charge in [-0.1, -0.05) is 0 Å². The maximum Gasteiger partial charge on any atom is 0.469 e. The number of phosphoric ester groups is 1. The molecule has 4 atom stereocenters. The second kappa shape index (κ2) is 6.49. The van der Waals surface area contributed by atoms with Gasteiger partial charge in [0.05, 0.1) is 10.3 Å². The van der Waals surface area contributed by atoms with Crippen LogP contribution in [0.25, 0.3) is 0 Å². The Labute approximate surface area is 135 Å². The van der Waals surface area contributed by atoms with Crippen LogP contribution in [0.15, 0.2) is 15.7 Å². The number of aromatic nitrogens is 2. The van der Waals surface area contributed by atoms with Crippen LogP contribution in [0.5, 0.6) is 0 Å². The van der Waals surface area contributed by atoms with E-state index < -0.39 is 50.2 Å². The van der Waals surface area contributed by atoms with Crippen molar-refractivity contribution in [2.45, 2.75) is 24.5 Å². The van der Waals surface area contributed by atoms with Crippen LogP contribution in [0, 0.1) is 3.70 Å². The first kappa shape index (κ1) is 17.7. The number of phosphoric acid groups is 1. The highest BCUT2D eigenvalue weighted by atomic mass is 127. The number of hydrogen-bond donors (Lipinski definition) is 5. The Bertz CT molecular complexity index is 712. The van der Waals surface area contributed by atoms with Crippen LogP contribution in [0.4, 0.5) is 0 Å². The number of nitrogens with zero attached hydrogens (tertiary/aromatic N) is 1. The van der Waals surface area contributed by atoms with E-state index in [2.05, 4.69) is 4.52 Å². The van der Waals surface area contributed by atoms with Gasteiger partial charge in [0.1, 0.15) is 18.3 Å². The minimum absolute atomic E-state index is 0.152. The molecule has 2 heterocycles. The van der Waals surface area contributed by atoms with Crippen LogP contribution in [-0.2, 0) is 13.8 Å². The Morgan fingerprint density at radius 2 is 2.00 bits per heavy atom. The van der Waals surface area contributed by atoms with Gasteiger partial charge in [-0.25, -0.2) is 9.36 Å². The van der Waals surface area contributed by atoms with Crippen LogP contribution in [0.3, 0.4) is 0 Å². The summed E-state index contributed by atoms with van der Waals surface area (Å²) in [6.07, 6.45) is -5.69. The molecule has 0 amide bonds. The van der Waals surface area contributed by atoms with Gasteiger partial charge in [-0.05, 0) is 22.6 Å². The predicted molar refractivity (Wildman–Crippen MR) is 78.0 cm³/mol. The molecule has 0 unspecified atom stereocenters. The average molecular weight is 450 g/mol. The molecular formula is C9H12IN2O9P. The molecule has 13 heteroatoms. The van der Waals surface area contributed by atoms with Crippen LogP contribution in [0.1, 0.15) is 6.23 Å². The van der Waals surface area contributed by atoms with Crippen molar-refractivity contribution >= 4 is 30.4 Å².